The van der Waals surface area contributed by atoms with Crippen molar-refractivity contribution in [2.45, 2.75) is 6.92 Å². The molecule has 0 aliphatic carbocycles. The lowest BCUT2D eigenvalue weighted by Gasteiger charge is -2.10. The summed E-state index contributed by atoms with van der Waals surface area (Å²) in [5, 5.41) is 6.65. The normalized spacial score (nSPS) is 10.1. The van der Waals surface area contributed by atoms with Gasteiger partial charge in [-0.1, -0.05) is 0 Å². The molecule has 2 aromatic rings. The van der Waals surface area contributed by atoms with Gasteiger partial charge in [0, 0.05) is 17.3 Å². The Morgan fingerprint density at radius 1 is 1.44 bits per heavy atom. The Balaban J connectivity index is 2.44. The lowest BCUT2D eigenvalue weighted by Crippen LogP contribution is -2.02. The highest BCUT2D eigenvalue weighted by atomic mass is 16.5. The van der Waals surface area contributed by atoms with E-state index in [2.05, 4.69) is 14.9 Å². The van der Waals surface area contributed by atoms with Gasteiger partial charge in [0.25, 0.3) is 0 Å². The van der Waals surface area contributed by atoms with Crippen molar-refractivity contribution in [2.75, 3.05) is 13.7 Å². The van der Waals surface area contributed by atoms with E-state index in [0.29, 0.717) is 17.9 Å². The van der Waals surface area contributed by atoms with Crippen LogP contribution < -0.4 is 4.74 Å². The molecule has 0 unspecified atom stereocenters. The summed E-state index contributed by atoms with van der Waals surface area (Å²) in [4.78, 5) is 11.5. The number of carbonyl (C=O) groups excluding carboxylic acids is 1. The standard InChI is InChI=1S/C13H14N2O3/c1-3-18-12-6-9(13(16)17-2)4-5-11(12)10-7-14-15-8-10/h4-8H,3H2,1-2H3,(H,14,15). The summed E-state index contributed by atoms with van der Waals surface area (Å²) in [5.41, 5.74) is 2.27. The molecule has 5 heteroatoms. The minimum atomic E-state index is -0.380. The second-order valence-corrected chi connectivity index (χ2v) is 3.62. The van der Waals surface area contributed by atoms with Gasteiger partial charge >= 0.3 is 5.97 Å². The molecule has 18 heavy (non-hydrogen) atoms. The molecular formula is C13H14N2O3. The Morgan fingerprint density at radius 3 is 2.89 bits per heavy atom. The van der Waals surface area contributed by atoms with Gasteiger partial charge in [0.2, 0.25) is 0 Å². The molecule has 1 heterocycles. The van der Waals surface area contributed by atoms with Crippen molar-refractivity contribution in [1.82, 2.24) is 10.2 Å². The van der Waals surface area contributed by atoms with Gasteiger partial charge in [0.15, 0.2) is 0 Å². The summed E-state index contributed by atoms with van der Waals surface area (Å²) in [7, 11) is 1.35. The fourth-order valence-corrected chi connectivity index (χ4v) is 1.68. The van der Waals surface area contributed by atoms with E-state index in [-0.39, 0.29) is 5.97 Å². The van der Waals surface area contributed by atoms with Gasteiger partial charge in [-0.25, -0.2) is 4.79 Å². The van der Waals surface area contributed by atoms with Gasteiger partial charge in [-0.3, -0.25) is 5.10 Å². The number of rotatable bonds is 4. The summed E-state index contributed by atoms with van der Waals surface area (Å²) < 4.78 is 10.2. The average molecular weight is 246 g/mol. The van der Waals surface area contributed by atoms with Crippen molar-refractivity contribution in [3.05, 3.63) is 36.2 Å². The summed E-state index contributed by atoms with van der Waals surface area (Å²) in [6, 6.07) is 5.20. The highest BCUT2D eigenvalue weighted by molar-refractivity contribution is 5.91. The van der Waals surface area contributed by atoms with Crippen molar-refractivity contribution < 1.29 is 14.3 Å². The second kappa shape index (κ2) is 5.35. The van der Waals surface area contributed by atoms with Crippen molar-refractivity contribution in [3.8, 4) is 16.9 Å². The SMILES string of the molecule is CCOc1cc(C(=O)OC)ccc1-c1cn[nH]c1. The number of nitrogens with one attached hydrogen (secondary N) is 1. The van der Waals surface area contributed by atoms with Crippen molar-refractivity contribution in [3.63, 3.8) is 0 Å². The van der Waals surface area contributed by atoms with Gasteiger partial charge in [-0.15, -0.1) is 0 Å². The smallest absolute Gasteiger partial charge is 0.337 e. The molecule has 1 aromatic heterocycles. The van der Waals surface area contributed by atoms with Gasteiger partial charge < -0.3 is 9.47 Å². The molecule has 94 valence electrons. The number of methoxy groups -OCH3 is 1. The number of aromatic amines is 1. The van der Waals surface area contributed by atoms with Crippen LogP contribution in [0, 0.1) is 0 Å². The largest absolute Gasteiger partial charge is 0.493 e. The minimum absolute atomic E-state index is 0.380. The molecular weight excluding hydrogens is 232 g/mol. The molecule has 0 bridgehead atoms. The van der Waals surface area contributed by atoms with Crippen LogP contribution in [0.15, 0.2) is 30.6 Å². The third-order valence-corrected chi connectivity index (χ3v) is 2.51. The van der Waals surface area contributed by atoms with E-state index in [0.717, 1.165) is 11.1 Å². The monoisotopic (exact) mass is 246 g/mol. The molecule has 0 aliphatic heterocycles. The number of benzene rings is 1. The topological polar surface area (TPSA) is 64.2 Å². The zero-order chi connectivity index (χ0) is 13.0. The van der Waals surface area contributed by atoms with E-state index < -0.39 is 0 Å². The Labute approximate surface area is 105 Å². The second-order valence-electron chi connectivity index (χ2n) is 3.62. The molecule has 0 radical (unpaired) electrons. The quantitative estimate of drug-likeness (QED) is 0.840. The van der Waals surface area contributed by atoms with E-state index in [1.165, 1.54) is 7.11 Å². The fourth-order valence-electron chi connectivity index (χ4n) is 1.68. The van der Waals surface area contributed by atoms with Crippen LogP contribution >= 0.6 is 0 Å². The van der Waals surface area contributed by atoms with Crippen molar-refractivity contribution in [1.29, 1.82) is 0 Å². The van der Waals surface area contributed by atoms with Crippen LogP contribution in [0.25, 0.3) is 11.1 Å². The van der Waals surface area contributed by atoms with Gasteiger partial charge in [-0.2, -0.15) is 5.10 Å². The predicted molar refractivity (Wildman–Crippen MR) is 66.5 cm³/mol. The maximum atomic E-state index is 11.5. The molecule has 0 aliphatic rings. The maximum Gasteiger partial charge on any atom is 0.337 e. The van der Waals surface area contributed by atoms with Crippen LogP contribution in [0.3, 0.4) is 0 Å². The van der Waals surface area contributed by atoms with E-state index in [4.69, 9.17) is 4.74 Å². The summed E-state index contributed by atoms with van der Waals surface area (Å²) in [6.45, 7) is 2.42. The number of hydrogen-bond donors (Lipinski definition) is 1. The number of H-pyrrole nitrogens is 1. The molecule has 0 spiro atoms. The molecule has 0 saturated heterocycles. The molecule has 5 nitrogen and oxygen atoms in total. The van der Waals surface area contributed by atoms with Crippen molar-refractivity contribution >= 4 is 5.97 Å². The zero-order valence-electron chi connectivity index (χ0n) is 10.3. The van der Waals surface area contributed by atoms with E-state index >= 15 is 0 Å². The number of carbonyl (C=O) groups is 1. The first-order chi connectivity index (χ1) is 8.76. The van der Waals surface area contributed by atoms with Crippen LogP contribution in [0.2, 0.25) is 0 Å². The Morgan fingerprint density at radius 2 is 2.28 bits per heavy atom. The minimum Gasteiger partial charge on any atom is -0.493 e. The maximum absolute atomic E-state index is 11.5. The van der Waals surface area contributed by atoms with Gasteiger partial charge in [0.1, 0.15) is 5.75 Å². The number of ether oxygens (including phenoxy) is 2. The Hall–Kier alpha value is -2.30. The summed E-state index contributed by atoms with van der Waals surface area (Å²) >= 11 is 0. The highest BCUT2D eigenvalue weighted by Gasteiger charge is 2.12. The predicted octanol–water partition coefficient (Wildman–Crippen LogP) is 2.26. The zero-order valence-corrected chi connectivity index (χ0v) is 10.3. The molecule has 0 saturated carbocycles. The van der Waals surface area contributed by atoms with E-state index in [1.807, 2.05) is 13.0 Å². The van der Waals surface area contributed by atoms with E-state index in [1.54, 1.807) is 24.5 Å². The molecule has 1 N–H and O–H groups in total. The van der Waals surface area contributed by atoms with Crippen molar-refractivity contribution in [2.24, 2.45) is 0 Å². The van der Waals surface area contributed by atoms with Gasteiger partial charge in [-0.05, 0) is 25.1 Å². The first-order valence-corrected chi connectivity index (χ1v) is 5.60. The Kier molecular flexibility index (Phi) is 3.62. The van der Waals surface area contributed by atoms with Crippen LogP contribution in [0.4, 0.5) is 0 Å². The third kappa shape index (κ3) is 2.34. The van der Waals surface area contributed by atoms with Crippen LogP contribution in [-0.4, -0.2) is 29.9 Å². The van der Waals surface area contributed by atoms with Gasteiger partial charge in [0.05, 0.1) is 25.5 Å². The molecule has 2 rings (SSSR count). The van der Waals surface area contributed by atoms with E-state index in [9.17, 15) is 4.79 Å². The van der Waals surface area contributed by atoms with Crippen LogP contribution in [0.1, 0.15) is 17.3 Å². The fraction of sp³-hybridized carbons (Fsp3) is 0.231. The summed E-state index contributed by atoms with van der Waals surface area (Å²) in [5.74, 6) is 0.261. The molecule has 0 fully saturated rings. The van der Waals surface area contributed by atoms with Crippen LogP contribution in [0.5, 0.6) is 5.75 Å². The molecule has 0 atom stereocenters. The number of hydrogen-bond acceptors (Lipinski definition) is 4. The Bertz CT molecular complexity index is 535. The number of esters is 1. The number of nitrogens with zero attached hydrogens (tertiary/aromatic N) is 1. The highest BCUT2D eigenvalue weighted by Crippen LogP contribution is 2.30. The van der Waals surface area contributed by atoms with Crippen LogP contribution in [-0.2, 0) is 4.74 Å². The first-order valence-electron chi connectivity index (χ1n) is 5.60. The third-order valence-electron chi connectivity index (χ3n) is 2.51. The molecule has 0 amide bonds. The summed E-state index contributed by atoms with van der Waals surface area (Å²) in [6.07, 6.45) is 3.48. The lowest BCUT2D eigenvalue weighted by molar-refractivity contribution is 0.0600. The molecule has 1 aromatic carbocycles. The number of aromatic nitrogens is 2. The first kappa shape index (κ1) is 12.2. The average Bonchev–Trinajstić information content (AvgIpc) is 2.92. The lowest BCUT2D eigenvalue weighted by atomic mass is 10.1.